The van der Waals surface area contributed by atoms with E-state index < -0.39 is 11.5 Å². The number of rotatable bonds is 3. The number of nitrogens with zero attached hydrogens (tertiary/aromatic N) is 1. The molecule has 0 aromatic heterocycles. The van der Waals surface area contributed by atoms with Crippen molar-refractivity contribution in [2.24, 2.45) is 5.92 Å². The second-order valence-corrected chi connectivity index (χ2v) is 8.29. The number of halogens is 4. The number of hydrogen-bond acceptors (Lipinski definition) is 3. The highest BCUT2D eigenvalue weighted by molar-refractivity contribution is 6.37. The molecule has 1 aliphatic heterocycles. The van der Waals surface area contributed by atoms with Gasteiger partial charge in [-0.1, -0.05) is 52.5 Å². The van der Waals surface area contributed by atoms with Crippen LogP contribution in [0.25, 0.3) is 0 Å². The van der Waals surface area contributed by atoms with Gasteiger partial charge in [0.25, 0.3) is 0 Å². The summed E-state index contributed by atoms with van der Waals surface area (Å²) in [7, 11) is 1.91. The minimum atomic E-state index is -1.41. The quantitative estimate of drug-likeness (QED) is 0.667. The molecule has 1 aliphatic rings. The van der Waals surface area contributed by atoms with Gasteiger partial charge in [-0.2, -0.15) is 0 Å². The SMILES string of the molecule is CN1CC[C@@](O)(c2ccc(Cl)cc2Cl)[C@H](C(=O)c2ccc(Cl)cc2Cl)C1. The maximum Gasteiger partial charge on any atom is 0.171 e. The molecule has 0 saturated carbocycles. The fraction of sp³-hybridized carbons (Fsp3) is 0.316. The van der Waals surface area contributed by atoms with Crippen LogP contribution in [0.1, 0.15) is 22.3 Å². The minimum Gasteiger partial charge on any atom is -0.384 e. The number of piperidine rings is 1. The van der Waals surface area contributed by atoms with Gasteiger partial charge in [0.15, 0.2) is 5.78 Å². The number of benzene rings is 2. The molecule has 138 valence electrons. The molecule has 3 rings (SSSR count). The van der Waals surface area contributed by atoms with Gasteiger partial charge < -0.3 is 10.0 Å². The van der Waals surface area contributed by atoms with Gasteiger partial charge in [-0.05, 0) is 43.8 Å². The molecule has 1 saturated heterocycles. The van der Waals surface area contributed by atoms with Crippen molar-refractivity contribution in [3.05, 3.63) is 67.6 Å². The summed E-state index contributed by atoms with van der Waals surface area (Å²) < 4.78 is 0. The lowest BCUT2D eigenvalue weighted by molar-refractivity contribution is -0.0593. The Kier molecular flexibility index (Phi) is 5.88. The second-order valence-electron chi connectivity index (χ2n) is 6.60. The molecule has 0 radical (unpaired) electrons. The zero-order valence-electron chi connectivity index (χ0n) is 14.0. The highest BCUT2D eigenvalue weighted by Crippen LogP contribution is 2.43. The van der Waals surface area contributed by atoms with Crippen molar-refractivity contribution in [2.75, 3.05) is 20.1 Å². The van der Waals surface area contributed by atoms with Crippen LogP contribution in [0.15, 0.2) is 36.4 Å². The van der Waals surface area contributed by atoms with Gasteiger partial charge in [0.2, 0.25) is 0 Å². The molecule has 1 fully saturated rings. The van der Waals surface area contributed by atoms with E-state index in [1.807, 2.05) is 11.9 Å². The Bertz CT molecular complexity index is 857. The van der Waals surface area contributed by atoms with Crippen LogP contribution in [0.3, 0.4) is 0 Å². The Hall–Kier alpha value is -0.810. The first-order valence-electron chi connectivity index (χ1n) is 8.08. The summed E-state index contributed by atoms with van der Waals surface area (Å²) in [5.74, 6) is -0.967. The van der Waals surface area contributed by atoms with E-state index >= 15 is 0 Å². The van der Waals surface area contributed by atoms with E-state index in [0.29, 0.717) is 45.7 Å². The average molecular weight is 433 g/mol. The van der Waals surface area contributed by atoms with Crippen molar-refractivity contribution in [1.29, 1.82) is 0 Å². The molecule has 0 spiro atoms. The predicted octanol–water partition coefficient (Wildman–Crippen LogP) is 5.32. The van der Waals surface area contributed by atoms with Crippen LogP contribution in [0.2, 0.25) is 20.1 Å². The topological polar surface area (TPSA) is 40.5 Å². The Morgan fingerprint density at radius 3 is 2.31 bits per heavy atom. The molecule has 0 bridgehead atoms. The molecule has 26 heavy (non-hydrogen) atoms. The minimum absolute atomic E-state index is 0.244. The van der Waals surface area contributed by atoms with Crippen LogP contribution in [-0.2, 0) is 5.60 Å². The van der Waals surface area contributed by atoms with E-state index in [1.54, 1.807) is 30.3 Å². The van der Waals surface area contributed by atoms with Crippen LogP contribution >= 0.6 is 46.4 Å². The number of Topliss-reactive ketones (excluding diaryl/α,β-unsaturated/α-hetero) is 1. The lowest BCUT2D eigenvalue weighted by atomic mass is 9.72. The van der Waals surface area contributed by atoms with Crippen molar-refractivity contribution in [3.8, 4) is 0 Å². The molecule has 2 aromatic rings. The number of likely N-dealkylation sites (tertiary alicyclic amines) is 1. The summed E-state index contributed by atoms with van der Waals surface area (Å²) in [4.78, 5) is 15.3. The van der Waals surface area contributed by atoms with Crippen molar-refractivity contribution < 1.29 is 9.90 Å². The molecule has 0 unspecified atom stereocenters. The number of carbonyl (C=O) groups is 1. The Balaban J connectivity index is 2.07. The van der Waals surface area contributed by atoms with E-state index in [0.717, 1.165) is 0 Å². The predicted molar refractivity (Wildman–Crippen MR) is 107 cm³/mol. The Morgan fingerprint density at radius 1 is 1.08 bits per heavy atom. The third kappa shape index (κ3) is 3.75. The number of carbonyl (C=O) groups excluding carboxylic acids is 1. The maximum absolute atomic E-state index is 13.3. The fourth-order valence-electron chi connectivity index (χ4n) is 3.43. The summed E-state index contributed by atoms with van der Waals surface area (Å²) in [6, 6.07) is 9.64. The molecule has 0 aliphatic carbocycles. The molecule has 2 atom stereocenters. The zero-order valence-corrected chi connectivity index (χ0v) is 17.0. The first kappa shape index (κ1) is 19.9. The molecule has 1 N–H and O–H groups in total. The van der Waals surface area contributed by atoms with Gasteiger partial charge in [0.1, 0.15) is 5.60 Å². The highest BCUT2D eigenvalue weighted by Gasteiger charge is 2.47. The average Bonchev–Trinajstić information content (AvgIpc) is 2.56. The van der Waals surface area contributed by atoms with Crippen LogP contribution in [-0.4, -0.2) is 35.9 Å². The molecule has 3 nitrogen and oxygen atoms in total. The number of aliphatic hydroxyl groups is 1. The number of hydrogen-bond donors (Lipinski definition) is 1. The Labute approximate surface area is 172 Å². The fourth-order valence-corrected chi connectivity index (χ4v) is 4.50. The van der Waals surface area contributed by atoms with Crippen LogP contribution < -0.4 is 0 Å². The van der Waals surface area contributed by atoms with E-state index in [-0.39, 0.29) is 10.8 Å². The van der Waals surface area contributed by atoms with Crippen LogP contribution in [0, 0.1) is 5.92 Å². The summed E-state index contributed by atoms with van der Waals surface area (Å²) in [6.45, 7) is 1.01. The molecular weight excluding hydrogens is 416 g/mol. The lowest BCUT2D eigenvalue weighted by Gasteiger charge is -2.43. The Morgan fingerprint density at radius 2 is 1.69 bits per heavy atom. The van der Waals surface area contributed by atoms with Gasteiger partial charge >= 0.3 is 0 Å². The van der Waals surface area contributed by atoms with Gasteiger partial charge in [0, 0.05) is 39.3 Å². The third-order valence-corrected chi connectivity index (χ3v) is 5.95. The second kappa shape index (κ2) is 7.67. The smallest absolute Gasteiger partial charge is 0.171 e. The zero-order chi connectivity index (χ0) is 19.1. The summed E-state index contributed by atoms with van der Waals surface area (Å²) in [6.07, 6.45) is 0.368. The highest BCUT2D eigenvalue weighted by atomic mass is 35.5. The van der Waals surface area contributed by atoms with Gasteiger partial charge in [-0.25, -0.2) is 0 Å². The summed E-state index contributed by atoms with van der Waals surface area (Å²) >= 11 is 24.5. The van der Waals surface area contributed by atoms with Crippen LogP contribution in [0.5, 0.6) is 0 Å². The van der Waals surface area contributed by atoms with Crippen molar-refractivity contribution >= 4 is 52.2 Å². The van der Waals surface area contributed by atoms with Gasteiger partial charge in [-0.15, -0.1) is 0 Å². The standard InChI is InChI=1S/C19H17Cl4NO2/c1-24-7-6-19(26,14-5-3-12(21)9-17(14)23)15(10-24)18(25)13-4-2-11(20)8-16(13)22/h2-5,8-9,15,26H,6-7,10H2,1H3/t15-,19+/m0/s1. The number of ketones is 1. The molecule has 1 heterocycles. The van der Waals surface area contributed by atoms with E-state index in [2.05, 4.69) is 0 Å². The molecular formula is C19H17Cl4NO2. The van der Waals surface area contributed by atoms with Crippen molar-refractivity contribution in [3.63, 3.8) is 0 Å². The van der Waals surface area contributed by atoms with Gasteiger partial charge in [-0.3, -0.25) is 4.79 Å². The largest absolute Gasteiger partial charge is 0.384 e. The van der Waals surface area contributed by atoms with Crippen molar-refractivity contribution in [1.82, 2.24) is 4.90 Å². The van der Waals surface area contributed by atoms with E-state index in [1.165, 1.54) is 6.07 Å². The lowest BCUT2D eigenvalue weighted by Crippen LogP contribution is -2.52. The van der Waals surface area contributed by atoms with Crippen LogP contribution in [0.4, 0.5) is 0 Å². The monoisotopic (exact) mass is 431 g/mol. The summed E-state index contributed by atoms with van der Waals surface area (Å²) in [5.41, 5.74) is -0.575. The molecule has 2 aromatic carbocycles. The maximum atomic E-state index is 13.3. The summed E-state index contributed by atoms with van der Waals surface area (Å²) in [5, 5.41) is 13.0. The van der Waals surface area contributed by atoms with Crippen molar-refractivity contribution in [2.45, 2.75) is 12.0 Å². The van der Waals surface area contributed by atoms with E-state index in [4.69, 9.17) is 46.4 Å². The first-order chi connectivity index (χ1) is 12.2. The van der Waals surface area contributed by atoms with Gasteiger partial charge in [0.05, 0.1) is 10.9 Å². The normalized spacial score (nSPS) is 23.8. The van der Waals surface area contributed by atoms with E-state index in [9.17, 15) is 9.90 Å². The molecule has 0 amide bonds. The first-order valence-corrected chi connectivity index (χ1v) is 9.59. The third-order valence-electron chi connectivity index (χ3n) is 4.86. The molecule has 7 heteroatoms.